The molecule has 5 heteroatoms. The molecule has 0 radical (unpaired) electrons. The summed E-state index contributed by atoms with van der Waals surface area (Å²) < 4.78 is 6.62. The van der Waals surface area contributed by atoms with Crippen LogP contribution in [0.4, 0.5) is 0 Å². The molecule has 0 aliphatic carbocycles. The van der Waals surface area contributed by atoms with E-state index in [-0.39, 0.29) is 0 Å². The van der Waals surface area contributed by atoms with E-state index in [4.69, 9.17) is 4.74 Å². The number of halogens is 1. The molecular formula is C15H24IN3O. The molecule has 112 valence electrons. The van der Waals surface area contributed by atoms with Crippen LogP contribution in [0.3, 0.4) is 0 Å². The number of piperazine rings is 1. The van der Waals surface area contributed by atoms with Gasteiger partial charge >= 0.3 is 0 Å². The molecule has 0 amide bonds. The molecule has 0 atom stereocenters. The molecule has 20 heavy (non-hydrogen) atoms. The molecule has 1 aliphatic heterocycles. The van der Waals surface area contributed by atoms with E-state index in [9.17, 15) is 0 Å². The number of pyridine rings is 1. The van der Waals surface area contributed by atoms with Gasteiger partial charge in [0.1, 0.15) is 0 Å². The predicted molar refractivity (Wildman–Crippen MR) is 90.1 cm³/mol. The number of aromatic nitrogens is 1. The van der Waals surface area contributed by atoms with E-state index < -0.39 is 0 Å². The standard InChI is InChI=1S/C15H24IN3O/c1-12(2)10-18-6-8-19(9-7-18)11-13-14(16)4-5-17-15(13)20-3/h4-5,12H,6-11H2,1-3H3. The first-order valence-corrected chi connectivity index (χ1v) is 8.30. The van der Waals surface area contributed by atoms with Crippen molar-refractivity contribution in [3.63, 3.8) is 0 Å². The molecule has 0 bridgehead atoms. The smallest absolute Gasteiger partial charge is 0.218 e. The summed E-state index contributed by atoms with van der Waals surface area (Å²) in [4.78, 5) is 9.37. The van der Waals surface area contributed by atoms with Crippen molar-refractivity contribution in [2.45, 2.75) is 20.4 Å². The van der Waals surface area contributed by atoms with E-state index in [0.29, 0.717) is 0 Å². The predicted octanol–water partition coefficient (Wildman–Crippen LogP) is 2.47. The quantitative estimate of drug-likeness (QED) is 0.724. The van der Waals surface area contributed by atoms with Crippen LogP contribution in [-0.4, -0.2) is 54.6 Å². The average molecular weight is 389 g/mol. The largest absolute Gasteiger partial charge is 0.481 e. The van der Waals surface area contributed by atoms with Gasteiger partial charge in [-0.3, -0.25) is 4.90 Å². The van der Waals surface area contributed by atoms with Crippen molar-refractivity contribution in [2.75, 3.05) is 39.8 Å². The lowest BCUT2D eigenvalue weighted by molar-refractivity contribution is 0.116. The molecule has 2 heterocycles. The summed E-state index contributed by atoms with van der Waals surface area (Å²) >= 11 is 2.37. The highest BCUT2D eigenvalue weighted by Crippen LogP contribution is 2.23. The Bertz CT molecular complexity index is 431. The Kier molecular flexibility index (Phi) is 6.04. The molecule has 0 unspecified atom stereocenters. The van der Waals surface area contributed by atoms with Crippen LogP contribution in [0, 0.1) is 9.49 Å². The van der Waals surface area contributed by atoms with E-state index in [1.54, 1.807) is 7.11 Å². The van der Waals surface area contributed by atoms with Crippen LogP contribution < -0.4 is 4.74 Å². The SMILES string of the molecule is COc1nccc(I)c1CN1CCN(CC(C)C)CC1. The molecule has 0 saturated carbocycles. The van der Waals surface area contributed by atoms with Gasteiger partial charge in [-0.2, -0.15) is 0 Å². The third-order valence-corrected chi connectivity index (χ3v) is 4.63. The van der Waals surface area contributed by atoms with Crippen molar-refractivity contribution in [1.82, 2.24) is 14.8 Å². The third kappa shape index (κ3) is 4.30. The number of rotatable bonds is 5. The van der Waals surface area contributed by atoms with Crippen LogP contribution in [0.1, 0.15) is 19.4 Å². The van der Waals surface area contributed by atoms with Crippen LogP contribution >= 0.6 is 22.6 Å². The van der Waals surface area contributed by atoms with Gasteiger partial charge in [0.05, 0.1) is 7.11 Å². The van der Waals surface area contributed by atoms with Crippen molar-refractivity contribution >= 4 is 22.6 Å². The van der Waals surface area contributed by atoms with Gasteiger partial charge in [-0.25, -0.2) is 4.98 Å². The zero-order valence-corrected chi connectivity index (χ0v) is 14.8. The molecular weight excluding hydrogens is 365 g/mol. The maximum absolute atomic E-state index is 5.39. The van der Waals surface area contributed by atoms with E-state index >= 15 is 0 Å². The maximum Gasteiger partial charge on any atom is 0.218 e. The maximum atomic E-state index is 5.39. The van der Waals surface area contributed by atoms with Gasteiger partial charge in [-0.15, -0.1) is 0 Å². The molecule has 0 aromatic carbocycles. The highest BCUT2D eigenvalue weighted by molar-refractivity contribution is 14.1. The highest BCUT2D eigenvalue weighted by Gasteiger charge is 2.20. The highest BCUT2D eigenvalue weighted by atomic mass is 127. The fourth-order valence-electron chi connectivity index (χ4n) is 2.64. The Hall–Kier alpha value is -0.400. The molecule has 1 aliphatic rings. The van der Waals surface area contributed by atoms with Gasteiger partial charge in [0, 0.05) is 54.6 Å². The first kappa shape index (κ1) is 16.0. The fraction of sp³-hybridized carbons (Fsp3) is 0.667. The summed E-state index contributed by atoms with van der Waals surface area (Å²) in [5.41, 5.74) is 1.22. The van der Waals surface area contributed by atoms with E-state index in [1.807, 2.05) is 12.3 Å². The van der Waals surface area contributed by atoms with Crippen molar-refractivity contribution in [2.24, 2.45) is 5.92 Å². The first-order valence-electron chi connectivity index (χ1n) is 7.22. The Morgan fingerprint density at radius 2 is 1.90 bits per heavy atom. The van der Waals surface area contributed by atoms with Crippen molar-refractivity contribution < 1.29 is 4.74 Å². The molecule has 4 nitrogen and oxygen atoms in total. The number of methoxy groups -OCH3 is 1. The van der Waals surface area contributed by atoms with Gasteiger partial charge < -0.3 is 9.64 Å². The number of hydrogen-bond donors (Lipinski definition) is 0. The second-order valence-corrected chi connectivity index (χ2v) is 6.91. The zero-order chi connectivity index (χ0) is 14.5. The number of hydrogen-bond acceptors (Lipinski definition) is 4. The summed E-state index contributed by atoms with van der Waals surface area (Å²) in [7, 11) is 1.70. The van der Waals surface area contributed by atoms with E-state index in [2.05, 4.69) is 51.2 Å². The van der Waals surface area contributed by atoms with Gasteiger partial charge in [0.2, 0.25) is 5.88 Å². The van der Waals surface area contributed by atoms with Crippen molar-refractivity contribution in [1.29, 1.82) is 0 Å². The summed E-state index contributed by atoms with van der Waals surface area (Å²) in [6, 6.07) is 2.05. The molecule has 1 saturated heterocycles. The molecule has 2 rings (SSSR count). The minimum Gasteiger partial charge on any atom is -0.481 e. The number of nitrogens with zero attached hydrogens (tertiary/aromatic N) is 3. The molecule has 0 spiro atoms. The topological polar surface area (TPSA) is 28.6 Å². The van der Waals surface area contributed by atoms with E-state index in [0.717, 1.165) is 44.5 Å². The molecule has 0 N–H and O–H groups in total. The minimum absolute atomic E-state index is 0.751. The first-order chi connectivity index (χ1) is 9.60. The van der Waals surface area contributed by atoms with Crippen molar-refractivity contribution in [3.8, 4) is 5.88 Å². The average Bonchev–Trinajstić information content (AvgIpc) is 2.42. The second-order valence-electron chi connectivity index (χ2n) is 5.75. The Morgan fingerprint density at radius 1 is 1.25 bits per heavy atom. The van der Waals surface area contributed by atoms with Crippen LogP contribution in [0.5, 0.6) is 5.88 Å². The Morgan fingerprint density at radius 3 is 2.50 bits per heavy atom. The Balaban J connectivity index is 1.93. The normalized spacial score (nSPS) is 17.6. The lowest BCUT2D eigenvalue weighted by Crippen LogP contribution is -2.47. The Labute approximate surface area is 135 Å². The van der Waals surface area contributed by atoms with Crippen LogP contribution in [0.25, 0.3) is 0 Å². The number of ether oxygens (including phenoxy) is 1. The van der Waals surface area contributed by atoms with Gasteiger partial charge in [0.25, 0.3) is 0 Å². The summed E-state index contributed by atoms with van der Waals surface area (Å²) in [6.07, 6.45) is 1.81. The zero-order valence-electron chi connectivity index (χ0n) is 12.6. The van der Waals surface area contributed by atoms with Crippen LogP contribution in [0.2, 0.25) is 0 Å². The summed E-state index contributed by atoms with van der Waals surface area (Å²) in [6.45, 7) is 11.3. The summed E-state index contributed by atoms with van der Waals surface area (Å²) in [5.74, 6) is 1.52. The third-order valence-electron chi connectivity index (χ3n) is 3.62. The van der Waals surface area contributed by atoms with Gasteiger partial charge in [0.15, 0.2) is 0 Å². The monoisotopic (exact) mass is 389 g/mol. The van der Waals surface area contributed by atoms with Crippen LogP contribution in [0.15, 0.2) is 12.3 Å². The lowest BCUT2D eigenvalue weighted by atomic mass is 10.2. The fourth-order valence-corrected chi connectivity index (χ4v) is 3.20. The molecule has 1 aromatic rings. The summed E-state index contributed by atoms with van der Waals surface area (Å²) in [5, 5.41) is 0. The van der Waals surface area contributed by atoms with Crippen molar-refractivity contribution in [3.05, 3.63) is 21.4 Å². The molecule has 1 aromatic heterocycles. The van der Waals surface area contributed by atoms with Gasteiger partial charge in [-0.1, -0.05) is 13.8 Å². The molecule has 1 fully saturated rings. The van der Waals surface area contributed by atoms with E-state index in [1.165, 1.54) is 15.7 Å². The minimum atomic E-state index is 0.751. The van der Waals surface area contributed by atoms with Gasteiger partial charge in [-0.05, 0) is 34.6 Å². The second kappa shape index (κ2) is 7.56. The van der Waals surface area contributed by atoms with Crippen LogP contribution in [-0.2, 0) is 6.54 Å². The lowest BCUT2D eigenvalue weighted by Gasteiger charge is -2.35.